The second kappa shape index (κ2) is 5.95. The molecule has 0 saturated carbocycles. The van der Waals surface area contributed by atoms with Crippen LogP contribution in [-0.2, 0) is 17.3 Å². The molecule has 3 nitrogen and oxygen atoms in total. The first-order valence-corrected chi connectivity index (χ1v) is 6.10. The quantitative estimate of drug-likeness (QED) is 0.814. The number of aromatic nitrogens is 1. The first kappa shape index (κ1) is 15.0. The molecule has 2 rings (SSSR count). The van der Waals surface area contributed by atoms with Crippen molar-refractivity contribution in [3.05, 3.63) is 65.0 Å². The third kappa shape index (κ3) is 3.59. The molecule has 0 aliphatic heterocycles. The van der Waals surface area contributed by atoms with Crippen LogP contribution in [0.4, 0.5) is 13.2 Å². The van der Waals surface area contributed by atoms with Crippen molar-refractivity contribution in [2.75, 3.05) is 7.11 Å². The molecule has 2 aromatic rings. The molecule has 0 spiro atoms. The van der Waals surface area contributed by atoms with E-state index in [0.29, 0.717) is 5.69 Å². The van der Waals surface area contributed by atoms with Gasteiger partial charge in [0.25, 0.3) is 0 Å². The summed E-state index contributed by atoms with van der Waals surface area (Å²) < 4.78 is 43.3. The summed E-state index contributed by atoms with van der Waals surface area (Å²) in [5.41, 5.74) is 0.0383. The lowest BCUT2D eigenvalue weighted by molar-refractivity contribution is -0.138. The zero-order valence-electron chi connectivity index (χ0n) is 11.1. The fourth-order valence-electron chi connectivity index (χ4n) is 1.97. The van der Waals surface area contributed by atoms with Crippen LogP contribution in [0.25, 0.3) is 0 Å². The highest BCUT2D eigenvalue weighted by Crippen LogP contribution is 2.32. The standard InChI is InChI=1S/C15H12F3NO2/c1-21-14(20)11-6-7-19-12(9-11)8-10-4-2-3-5-13(10)15(16,17)18/h2-7,9H,8H2,1H3. The number of hydrogen-bond donors (Lipinski definition) is 0. The largest absolute Gasteiger partial charge is 0.465 e. The third-order valence-corrected chi connectivity index (χ3v) is 2.93. The van der Waals surface area contributed by atoms with Gasteiger partial charge in [-0.25, -0.2) is 4.79 Å². The summed E-state index contributed by atoms with van der Waals surface area (Å²) in [7, 11) is 1.24. The molecule has 0 aliphatic rings. The Morgan fingerprint density at radius 2 is 1.95 bits per heavy atom. The molecule has 0 atom stereocenters. The maximum Gasteiger partial charge on any atom is 0.416 e. The SMILES string of the molecule is COC(=O)c1ccnc(Cc2ccccc2C(F)(F)F)c1. The summed E-state index contributed by atoms with van der Waals surface area (Å²) in [4.78, 5) is 15.4. The van der Waals surface area contributed by atoms with Crippen molar-refractivity contribution in [2.45, 2.75) is 12.6 Å². The number of methoxy groups -OCH3 is 1. The Morgan fingerprint density at radius 3 is 2.62 bits per heavy atom. The summed E-state index contributed by atoms with van der Waals surface area (Å²) in [6.45, 7) is 0. The highest BCUT2D eigenvalue weighted by molar-refractivity contribution is 5.89. The predicted molar refractivity (Wildman–Crippen MR) is 69.8 cm³/mol. The fraction of sp³-hybridized carbons (Fsp3) is 0.200. The van der Waals surface area contributed by atoms with Gasteiger partial charge in [0, 0.05) is 18.3 Å². The molecule has 0 amide bonds. The van der Waals surface area contributed by atoms with E-state index in [1.807, 2.05) is 0 Å². The van der Waals surface area contributed by atoms with Crippen LogP contribution in [0.15, 0.2) is 42.6 Å². The van der Waals surface area contributed by atoms with Crippen molar-refractivity contribution in [2.24, 2.45) is 0 Å². The number of halogens is 3. The Labute approximate surface area is 119 Å². The summed E-state index contributed by atoms with van der Waals surface area (Å²) in [5.74, 6) is -0.553. The van der Waals surface area contributed by atoms with Crippen LogP contribution in [0.5, 0.6) is 0 Å². The van der Waals surface area contributed by atoms with Gasteiger partial charge >= 0.3 is 12.1 Å². The molecule has 0 fully saturated rings. The number of ether oxygens (including phenoxy) is 1. The van der Waals surface area contributed by atoms with Crippen LogP contribution in [0.3, 0.4) is 0 Å². The molecule has 0 N–H and O–H groups in total. The lowest BCUT2D eigenvalue weighted by Gasteiger charge is -2.12. The summed E-state index contributed by atoms with van der Waals surface area (Å²) in [6.07, 6.45) is -3.06. The van der Waals surface area contributed by atoms with Crippen molar-refractivity contribution in [3.63, 3.8) is 0 Å². The monoisotopic (exact) mass is 295 g/mol. The van der Waals surface area contributed by atoms with Crippen molar-refractivity contribution in [1.29, 1.82) is 0 Å². The van der Waals surface area contributed by atoms with Gasteiger partial charge in [-0.15, -0.1) is 0 Å². The van der Waals surface area contributed by atoms with E-state index in [-0.39, 0.29) is 17.5 Å². The Kier molecular flexibility index (Phi) is 4.26. The molecule has 0 unspecified atom stereocenters. The third-order valence-electron chi connectivity index (χ3n) is 2.93. The van der Waals surface area contributed by atoms with Crippen molar-refractivity contribution in [1.82, 2.24) is 4.98 Å². The van der Waals surface area contributed by atoms with Crippen LogP contribution < -0.4 is 0 Å². The van der Waals surface area contributed by atoms with E-state index < -0.39 is 17.7 Å². The molecular formula is C15H12F3NO2. The summed E-state index contributed by atoms with van der Waals surface area (Å²) >= 11 is 0. The molecule has 1 heterocycles. The van der Waals surface area contributed by atoms with Crippen LogP contribution in [0.2, 0.25) is 0 Å². The molecule has 0 saturated heterocycles. The van der Waals surface area contributed by atoms with E-state index >= 15 is 0 Å². The smallest absolute Gasteiger partial charge is 0.416 e. The van der Waals surface area contributed by atoms with Crippen LogP contribution in [-0.4, -0.2) is 18.1 Å². The average molecular weight is 295 g/mol. The number of carbonyl (C=O) groups is 1. The fourth-order valence-corrected chi connectivity index (χ4v) is 1.97. The minimum Gasteiger partial charge on any atom is -0.465 e. The predicted octanol–water partition coefficient (Wildman–Crippen LogP) is 3.48. The number of carbonyl (C=O) groups excluding carboxylic acids is 1. The van der Waals surface area contributed by atoms with E-state index in [9.17, 15) is 18.0 Å². The molecule has 0 bridgehead atoms. The number of nitrogens with zero attached hydrogens (tertiary/aromatic N) is 1. The molecule has 1 aromatic heterocycles. The van der Waals surface area contributed by atoms with Crippen LogP contribution >= 0.6 is 0 Å². The zero-order valence-corrected chi connectivity index (χ0v) is 11.1. The van der Waals surface area contributed by atoms with E-state index in [1.165, 1.54) is 43.6 Å². The molecule has 1 aromatic carbocycles. The zero-order chi connectivity index (χ0) is 15.5. The lowest BCUT2D eigenvalue weighted by atomic mass is 10.0. The topological polar surface area (TPSA) is 39.2 Å². The highest BCUT2D eigenvalue weighted by atomic mass is 19.4. The Hall–Kier alpha value is -2.37. The number of benzene rings is 1. The van der Waals surface area contributed by atoms with E-state index in [2.05, 4.69) is 9.72 Å². The van der Waals surface area contributed by atoms with E-state index in [4.69, 9.17) is 0 Å². The Balaban J connectivity index is 2.33. The second-order valence-corrected chi connectivity index (χ2v) is 4.36. The van der Waals surface area contributed by atoms with Crippen LogP contribution in [0.1, 0.15) is 27.2 Å². The highest BCUT2D eigenvalue weighted by Gasteiger charge is 2.32. The molecule has 110 valence electrons. The Morgan fingerprint density at radius 1 is 1.24 bits per heavy atom. The molecular weight excluding hydrogens is 283 g/mol. The van der Waals surface area contributed by atoms with Gasteiger partial charge in [0.2, 0.25) is 0 Å². The average Bonchev–Trinajstić information content (AvgIpc) is 2.46. The second-order valence-electron chi connectivity index (χ2n) is 4.36. The van der Waals surface area contributed by atoms with E-state index in [0.717, 1.165) is 6.07 Å². The van der Waals surface area contributed by atoms with Crippen molar-refractivity contribution in [3.8, 4) is 0 Å². The van der Waals surface area contributed by atoms with Gasteiger partial charge in [0.1, 0.15) is 0 Å². The van der Waals surface area contributed by atoms with E-state index in [1.54, 1.807) is 0 Å². The van der Waals surface area contributed by atoms with Crippen molar-refractivity contribution >= 4 is 5.97 Å². The maximum absolute atomic E-state index is 12.9. The van der Waals surface area contributed by atoms with Gasteiger partial charge in [0.15, 0.2) is 0 Å². The lowest BCUT2D eigenvalue weighted by Crippen LogP contribution is -2.10. The maximum atomic E-state index is 12.9. The van der Waals surface area contributed by atoms with Gasteiger partial charge in [-0.2, -0.15) is 13.2 Å². The minimum absolute atomic E-state index is 0.0134. The number of hydrogen-bond acceptors (Lipinski definition) is 3. The first-order valence-electron chi connectivity index (χ1n) is 6.10. The van der Waals surface area contributed by atoms with Gasteiger partial charge in [0.05, 0.1) is 18.2 Å². The van der Waals surface area contributed by atoms with Crippen LogP contribution in [0, 0.1) is 0 Å². The normalized spacial score (nSPS) is 11.2. The minimum atomic E-state index is -4.42. The molecule has 21 heavy (non-hydrogen) atoms. The van der Waals surface area contributed by atoms with Gasteiger partial charge in [-0.3, -0.25) is 4.98 Å². The van der Waals surface area contributed by atoms with Gasteiger partial charge in [-0.1, -0.05) is 18.2 Å². The Bertz CT molecular complexity index is 653. The van der Waals surface area contributed by atoms with Gasteiger partial charge < -0.3 is 4.74 Å². The molecule has 0 aliphatic carbocycles. The number of esters is 1. The summed E-state index contributed by atoms with van der Waals surface area (Å²) in [6, 6.07) is 8.18. The number of rotatable bonds is 3. The number of alkyl halides is 3. The summed E-state index contributed by atoms with van der Waals surface area (Å²) in [5, 5.41) is 0. The van der Waals surface area contributed by atoms with Crippen molar-refractivity contribution < 1.29 is 22.7 Å². The first-order chi connectivity index (χ1) is 9.91. The van der Waals surface area contributed by atoms with Gasteiger partial charge in [-0.05, 0) is 23.8 Å². The molecule has 6 heteroatoms. The molecule has 0 radical (unpaired) electrons. The number of pyridine rings is 1.